The summed E-state index contributed by atoms with van der Waals surface area (Å²) in [7, 11) is 0. The monoisotopic (exact) mass is 307 g/mol. The molecule has 1 aromatic rings. The van der Waals surface area contributed by atoms with E-state index in [1.54, 1.807) is 11.8 Å². The molecule has 1 saturated heterocycles. The number of aliphatic hydroxyl groups is 1. The van der Waals surface area contributed by atoms with Crippen LogP contribution < -0.4 is 5.32 Å². The fraction of sp³-hybridized carbons (Fsp3) is 0.588. The molecule has 0 bridgehead atoms. The van der Waals surface area contributed by atoms with Gasteiger partial charge in [-0.05, 0) is 57.1 Å². The van der Waals surface area contributed by atoms with Crippen molar-refractivity contribution in [3.63, 3.8) is 0 Å². The van der Waals surface area contributed by atoms with E-state index >= 15 is 0 Å². The third-order valence-corrected chi connectivity index (χ3v) is 4.93. The van der Waals surface area contributed by atoms with Gasteiger partial charge in [0.25, 0.3) is 5.91 Å². The molecule has 116 valence electrons. The number of carbonyl (C=O) groups is 1. The van der Waals surface area contributed by atoms with Crippen LogP contribution in [-0.2, 0) is 11.2 Å². The van der Waals surface area contributed by atoms with Crippen LogP contribution in [-0.4, -0.2) is 34.2 Å². The fourth-order valence-corrected chi connectivity index (χ4v) is 4.05. The number of hydrogen-bond acceptors (Lipinski definition) is 3. The van der Waals surface area contributed by atoms with Gasteiger partial charge in [0.15, 0.2) is 0 Å². The van der Waals surface area contributed by atoms with Gasteiger partial charge in [0.1, 0.15) is 5.60 Å². The van der Waals surface area contributed by atoms with Crippen molar-refractivity contribution in [2.24, 2.45) is 0 Å². The molecule has 0 aromatic heterocycles. The quantitative estimate of drug-likeness (QED) is 0.899. The highest BCUT2D eigenvalue weighted by molar-refractivity contribution is 7.99. The van der Waals surface area contributed by atoms with Crippen molar-refractivity contribution in [3.8, 4) is 0 Å². The van der Waals surface area contributed by atoms with Gasteiger partial charge in [0.2, 0.25) is 0 Å². The highest BCUT2D eigenvalue weighted by Crippen LogP contribution is 2.27. The molecule has 4 heteroatoms. The summed E-state index contributed by atoms with van der Waals surface area (Å²) in [6, 6.07) is 6.48. The van der Waals surface area contributed by atoms with E-state index in [4.69, 9.17) is 0 Å². The Kier molecular flexibility index (Phi) is 5.33. The summed E-state index contributed by atoms with van der Waals surface area (Å²) in [6.07, 6.45) is 1.90. The summed E-state index contributed by atoms with van der Waals surface area (Å²) in [5.74, 6) is 1.50. The Morgan fingerprint density at radius 1 is 1.29 bits per heavy atom. The minimum absolute atomic E-state index is 0.0253. The smallest absolute Gasteiger partial charge is 0.252 e. The molecular weight excluding hydrogens is 282 g/mol. The Balaban J connectivity index is 1.94. The van der Waals surface area contributed by atoms with E-state index in [0.29, 0.717) is 12.8 Å². The lowest BCUT2D eigenvalue weighted by atomic mass is 9.94. The zero-order valence-corrected chi connectivity index (χ0v) is 13.9. The highest BCUT2D eigenvalue weighted by atomic mass is 32.2. The van der Waals surface area contributed by atoms with Crippen LogP contribution in [0.15, 0.2) is 18.2 Å². The molecule has 1 fully saturated rings. The van der Waals surface area contributed by atoms with Crippen molar-refractivity contribution in [3.05, 3.63) is 34.9 Å². The fourth-order valence-electron chi connectivity index (χ4n) is 2.89. The van der Waals surface area contributed by atoms with Crippen molar-refractivity contribution in [2.75, 3.05) is 11.5 Å². The van der Waals surface area contributed by atoms with E-state index in [2.05, 4.69) is 37.4 Å². The van der Waals surface area contributed by atoms with Crippen LogP contribution >= 0.6 is 11.8 Å². The minimum atomic E-state index is -1.16. The third-order valence-electron chi connectivity index (χ3n) is 3.94. The maximum Gasteiger partial charge on any atom is 0.252 e. The molecule has 0 spiro atoms. The maximum atomic E-state index is 12.3. The zero-order valence-electron chi connectivity index (χ0n) is 13.1. The highest BCUT2D eigenvalue weighted by Gasteiger charge is 2.37. The maximum absolute atomic E-state index is 12.3. The number of carbonyl (C=O) groups excluding carboxylic acids is 1. The van der Waals surface area contributed by atoms with Gasteiger partial charge < -0.3 is 10.4 Å². The summed E-state index contributed by atoms with van der Waals surface area (Å²) in [6.45, 7) is 6.17. The first kappa shape index (κ1) is 16.4. The molecule has 0 radical (unpaired) electrons. The molecule has 3 nitrogen and oxygen atoms in total. The van der Waals surface area contributed by atoms with Crippen LogP contribution in [0, 0.1) is 13.8 Å². The Hall–Kier alpha value is -1.00. The third kappa shape index (κ3) is 4.48. The van der Waals surface area contributed by atoms with E-state index in [9.17, 15) is 9.90 Å². The first-order valence-electron chi connectivity index (χ1n) is 7.57. The molecule has 2 N–H and O–H groups in total. The van der Waals surface area contributed by atoms with Crippen LogP contribution in [0.3, 0.4) is 0 Å². The number of benzene rings is 1. The van der Waals surface area contributed by atoms with Crippen LogP contribution in [0.2, 0.25) is 0 Å². The predicted molar refractivity (Wildman–Crippen MR) is 88.7 cm³/mol. The molecule has 1 unspecified atom stereocenters. The van der Waals surface area contributed by atoms with Crippen molar-refractivity contribution in [2.45, 2.75) is 51.7 Å². The number of aryl methyl sites for hydroxylation is 2. The van der Waals surface area contributed by atoms with Gasteiger partial charge in [-0.15, -0.1) is 0 Å². The molecule has 1 heterocycles. The molecule has 21 heavy (non-hydrogen) atoms. The lowest BCUT2D eigenvalue weighted by molar-refractivity contribution is -0.141. The summed E-state index contributed by atoms with van der Waals surface area (Å²) < 4.78 is 0. The lowest BCUT2D eigenvalue weighted by Crippen LogP contribution is -2.51. The normalized spacial score (nSPS) is 19.0. The number of amides is 1. The van der Waals surface area contributed by atoms with Gasteiger partial charge in [0, 0.05) is 6.04 Å². The van der Waals surface area contributed by atoms with Crippen LogP contribution in [0.25, 0.3) is 0 Å². The second-order valence-electron chi connectivity index (χ2n) is 6.22. The predicted octanol–water partition coefficient (Wildman–Crippen LogP) is 2.61. The first-order chi connectivity index (χ1) is 9.89. The Labute approximate surface area is 131 Å². The minimum Gasteiger partial charge on any atom is -0.380 e. The van der Waals surface area contributed by atoms with E-state index in [-0.39, 0.29) is 11.9 Å². The summed E-state index contributed by atoms with van der Waals surface area (Å²) in [5, 5.41) is 13.4. The van der Waals surface area contributed by atoms with Gasteiger partial charge in [-0.3, -0.25) is 4.79 Å². The molecule has 1 atom stereocenters. The summed E-state index contributed by atoms with van der Waals surface area (Å²) in [5.41, 5.74) is 2.55. The Morgan fingerprint density at radius 2 is 1.86 bits per heavy atom. The van der Waals surface area contributed by atoms with E-state index in [0.717, 1.165) is 17.9 Å². The Bertz CT molecular complexity index is 489. The topological polar surface area (TPSA) is 49.3 Å². The van der Waals surface area contributed by atoms with Crippen molar-refractivity contribution in [1.29, 1.82) is 0 Å². The van der Waals surface area contributed by atoms with Gasteiger partial charge in [-0.25, -0.2) is 0 Å². The lowest BCUT2D eigenvalue weighted by Gasteiger charge is -2.31. The number of thioether (sulfide) groups is 1. The largest absolute Gasteiger partial charge is 0.380 e. The Morgan fingerprint density at radius 3 is 2.43 bits per heavy atom. The van der Waals surface area contributed by atoms with Crippen LogP contribution in [0.5, 0.6) is 0 Å². The summed E-state index contributed by atoms with van der Waals surface area (Å²) >= 11 is 1.80. The number of nitrogens with one attached hydrogen (secondary N) is 1. The van der Waals surface area contributed by atoms with Crippen molar-refractivity contribution < 1.29 is 9.90 Å². The molecule has 1 aromatic carbocycles. The number of rotatable bonds is 4. The van der Waals surface area contributed by atoms with Crippen LogP contribution in [0.1, 0.15) is 36.5 Å². The molecule has 2 rings (SSSR count). The molecule has 1 aliphatic rings. The van der Waals surface area contributed by atoms with Crippen molar-refractivity contribution in [1.82, 2.24) is 5.32 Å². The van der Waals surface area contributed by atoms with E-state index < -0.39 is 5.60 Å². The van der Waals surface area contributed by atoms with Gasteiger partial charge in [0.05, 0.1) is 0 Å². The van der Waals surface area contributed by atoms with Gasteiger partial charge in [-0.2, -0.15) is 11.8 Å². The van der Waals surface area contributed by atoms with Gasteiger partial charge >= 0.3 is 0 Å². The first-order valence-corrected chi connectivity index (χ1v) is 8.73. The molecule has 0 saturated carbocycles. The second-order valence-corrected chi connectivity index (χ2v) is 7.44. The van der Waals surface area contributed by atoms with Crippen molar-refractivity contribution >= 4 is 17.7 Å². The second kappa shape index (κ2) is 6.84. The summed E-state index contributed by atoms with van der Waals surface area (Å²) in [4.78, 5) is 12.3. The molecule has 0 aliphatic carbocycles. The number of hydrogen-bond donors (Lipinski definition) is 2. The SMILES string of the molecule is Cc1cc(C)cc(CC(C)NC(=O)C2(O)CCSCC2)c1. The zero-order chi connectivity index (χ0) is 15.5. The van der Waals surface area contributed by atoms with Gasteiger partial charge in [-0.1, -0.05) is 29.3 Å². The molecular formula is C17H25NO2S. The molecule has 1 aliphatic heterocycles. The van der Waals surface area contributed by atoms with E-state index in [1.807, 2.05) is 6.92 Å². The standard InChI is InChI=1S/C17H25NO2S/c1-12-8-13(2)10-15(9-12)11-14(3)18-16(19)17(20)4-6-21-7-5-17/h8-10,14,20H,4-7,11H2,1-3H3,(H,18,19). The molecule has 1 amide bonds. The average Bonchev–Trinajstić information content (AvgIpc) is 2.37. The average molecular weight is 307 g/mol. The van der Waals surface area contributed by atoms with E-state index in [1.165, 1.54) is 16.7 Å². The van der Waals surface area contributed by atoms with Crippen LogP contribution in [0.4, 0.5) is 0 Å².